The Morgan fingerprint density at radius 1 is 1.15 bits per heavy atom. The van der Waals surface area contributed by atoms with Crippen LogP contribution in [0, 0.1) is 5.92 Å². The van der Waals surface area contributed by atoms with E-state index in [4.69, 9.17) is 14.0 Å². The molecule has 220 valence electrons. The molecule has 0 radical (unpaired) electrons. The number of aliphatic hydroxyl groups is 1. The van der Waals surface area contributed by atoms with Gasteiger partial charge in [0.15, 0.2) is 0 Å². The molecule has 1 fully saturated rings. The molecule has 15 heteroatoms. The van der Waals surface area contributed by atoms with E-state index in [1.807, 2.05) is 0 Å². The molecule has 2 heterocycles. The summed E-state index contributed by atoms with van der Waals surface area (Å²) in [5.74, 6) is -2.10. The van der Waals surface area contributed by atoms with E-state index in [-0.39, 0.29) is 36.4 Å². The van der Waals surface area contributed by atoms with E-state index in [0.717, 1.165) is 6.07 Å². The lowest BCUT2D eigenvalue weighted by Crippen LogP contribution is -2.47. The molecule has 12 nitrogen and oxygen atoms in total. The number of likely N-dealkylation sites (tertiary alicyclic amines) is 1. The number of nitrogens with zero attached hydrogens (tertiary/aromatic N) is 4. The van der Waals surface area contributed by atoms with Crippen molar-refractivity contribution in [1.82, 2.24) is 20.4 Å². The number of carbonyl (C=O) groups excluding carboxylic acids is 2. The van der Waals surface area contributed by atoms with Gasteiger partial charge in [0.1, 0.15) is 23.0 Å². The molecule has 1 aliphatic heterocycles. The lowest BCUT2D eigenvalue weighted by atomic mass is 10.0. The average molecular weight is 572 g/mol. The maximum atomic E-state index is 13.3. The summed E-state index contributed by atoms with van der Waals surface area (Å²) in [5, 5.41) is 25.9. The van der Waals surface area contributed by atoms with E-state index in [1.165, 1.54) is 11.0 Å². The van der Waals surface area contributed by atoms with Crippen LogP contribution < -0.4 is 5.32 Å². The molecule has 0 unspecified atom stereocenters. The van der Waals surface area contributed by atoms with E-state index in [1.54, 1.807) is 41.5 Å². The molecule has 0 saturated carbocycles. The highest BCUT2D eigenvalue weighted by Gasteiger charge is 2.42. The second-order valence-corrected chi connectivity index (χ2v) is 11.1. The van der Waals surface area contributed by atoms with Gasteiger partial charge in [-0.1, -0.05) is 5.16 Å². The first kappa shape index (κ1) is 30.7. The van der Waals surface area contributed by atoms with Crippen LogP contribution in [0.2, 0.25) is 0 Å². The number of halogens is 3. The fraction of sp³-hybridized carbons (Fsp3) is 0.560. The number of aliphatic imine (C=N–C) groups is 1. The van der Waals surface area contributed by atoms with Gasteiger partial charge in [-0.2, -0.15) is 18.2 Å². The summed E-state index contributed by atoms with van der Waals surface area (Å²) in [6.07, 6.45) is -6.41. The molecule has 1 aliphatic rings. The number of guanidine groups is 1. The Morgan fingerprint density at radius 2 is 1.80 bits per heavy atom. The molecule has 1 aromatic carbocycles. The monoisotopic (exact) mass is 571 g/mol. The number of aliphatic hydroxyl groups excluding tert-OH is 1. The van der Waals surface area contributed by atoms with Crippen LogP contribution in [0.1, 0.15) is 65.5 Å². The molecule has 2 aromatic rings. The summed E-state index contributed by atoms with van der Waals surface area (Å²) in [4.78, 5) is 34.8. The topological polar surface area (TPSA) is 160 Å². The number of alkyl halides is 3. The van der Waals surface area contributed by atoms with E-state index in [9.17, 15) is 33.0 Å². The summed E-state index contributed by atoms with van der Waals surface area (Å²) in [5.41, 5.74) is -3.13. The molecule has 40 heavy (non-hydrogen) atoms. The standard InChI is InChI=1S/C25H32F3N5O7/c1-23(2,3)38-21(36)30-20(31-22(37)39-24(4,5)6)33-10-9-14(12-34)17(33)19-29-18(32-40-19)13-7-8-16(35)15(11-13)25(26,27)28/h7-8,11,14,17,34-35H,9-10,12H2,1-6H3,(H,30,31,36,37)/t14-,17+/m1/s1. The second-order valence-electron chi connectivity index (χ2n) is 11.1. The number of aromatic nitrogens is 2. The number of aromatic hydroxyl groups is 1. The number of amides is 2. The third-order valence-electron chi connectivity index (χ3n) is 5.49. The minimum absolute atomic E-state index is 0.0836. The Labute approximate surface area is 228 Å². The van der Waals surface area contributed by atoms with Gasteiger partial charge < -0.3 is 29.1 Å². The zero-order valence-electron chi connectivity index (χ0n) is 22.9. The van der Waals surface area contributed by atoms with E-state index < -0.39 is 52.8 Å². The number of nitrogens with one attached hydrogen (secondary N) is 1. The average Bonchev–Trinajstić information content (AvgIpc) is 3.42. The van der Waals surface area contributed by atoms with Crippen LogP contribution in [0.15, 0.2) is 27.7 Å². The predicted molar refractivity (Wildman–Crippen MR) is 134 cm³/mol. The molecule has 0 spiro atoms. The predicted octanol–water partition coefficient (Wildman–Crippen LogP) is 4.63. The van der Waals surface area contributed by atoms with Crippen LogP contribution in [0.5, 0.6) is 5.75 Å². The number of ether oxygens (including phenoxy) is 2. The van der Waals surface area contributed by atoms with Gasteiger partial charge >= 0.3 is 18.4 Å². The highest BCUT2D eigenvalue weighted by Crippen LogP contribution is 2.39. The summed E-state index contributed by atoms with van der Waals surface area (Å²) in [6, 6.07) is 1.80. The third-order valence-corrected chi connectivity index (χ3v) is 5.49. The number of rotatable bonds is 3. The number of benzene rings is 1. The van der Waals surface area contributed by atoms with Gasteiger partial charge in [0.25, 0.3) is 0 Å². The highest BCUT2D eigenvalue weighted by atomic mass is 19.4. The van der Waals surface area contributed by atoms with Gasteiger partial charge in [0, 0.05) is 24.6 Å². The minimum Gasteiger partial charge on any atom is -0.507 e. The molecular weight excluding hydrogens is 539 g/mol. The quantitative estimate of drug-likeness (QED) is 0.350. The number of carbonyl (C=O) groups is 2. The summed E-state index contributed by atoms with van der Waals surface area (Å²) >= 11 is 0. The van der Waals surface area contributed by atoms with E-state index in [0.29, 0.717) is 12.5 Å². The molecule has 1 saturated heterocycles. The Balaban J connectivity index is 2.00. The normalized spacial score (nSPS) is 18.6. The molecule has 2 atom stereocenters. The van der Waals surface area contributed by atoms with Gasteiger partial charge in [0.05, 0.1) is 5.56 Å². The minimum atomic E-state index is -4.82. The number of hydrogen-bond acceptors (Lipinski definition) is 9. The maximum Gasteiger partial charge on any atom is 0.437 e. The van der Waals surface area contributed by atoms with Gasteiger partial charge in [-0.25, -0.2) is 9.59 Å². The Hall–Kier alpha value is -3.88. The van der Waals surface area contributed by atoms with Crippen molar-refractivity contribution in [1.29, 1.82) is 0 Å². The fourth-order valence-electron chi connectivity index (χ4n) is 3.92. The van der Waals surface area contributed by atoms with Crippen molar-refractivity contribution in [3.05, 3.63) is 29.7 Å². The number of phenols is 1. The van der Waals surface area contributed by atoms with Crippen molar-refractivity contribution in [3.8, 4) is 17.1 Å². The Kier molecular flexibility index (Phi) is 8.67. The second kappa shape index (κ2) is 11.3. The molecule has 3 N–H and O–H groups in total. The van der Waals surface area contributed by atoms with Crippen LogP contribution in [0.4, 0.5) is 22.8 Å². The lowest BCUT2D eigenvalue weighted by Gasteiger charge is -2.28. The van der Waals surface area contributed by atoms with Crippen molar-refractivity contribution in [2.75, 3.05) is 13.2 Å². The SMILES string of the molecule is CC(C)(C)OC(=O)N=C(NC(=O)OC(C)(C)C)N1CC[C@H](CO)[C@H]1c1nc(-c2ccc(O)c(C(F)(F)F)c2)no1. The van der Waals surface area contributed by atoms with Crippen LogP contribution in [0.25, 0.3) is 11.4 Å². The first-order chi connectivity index (χ1) is 18.4. The van der Waals surface area contributed by atoms with Crippen molar-refractivity contribution >= 4 is 18.1 Å². The van der Waals surface area contributed by atoms with E-state index in [2.05, 4.69) is 20.4 Å². The van der Waals surface area contributed by atoms with Crippen molar-refractivity contribution in [2.24, 2.45) is 10.9 Å². The number of alkyl carbamates (subject to hydrolysis) is 1. The Morgan fingerprint density at radius 3 is 2.38 bits per heavy atom. The van der Waals surface area contributed by atoms with Gasteiger partial charge in [0.2, 0.25) is 17.7 Å². The Bertz CT molecular complexity index is 1260. The number of phenolic OH excluding ortho intramolecular Hbond substituents is 1. The first-order valence-corrected chi connectivity index (χ1v) is 12.3. The van der Waals surface area contributed by atoms with Crippen molar-refractivity contribution < 1.29 is 47.0 Å². The zero-order chi connectivity index (χ0) is 30.0. The molecular formula is C25H32F3N5O7. The summed E-state index contributed by atoms with van der Waals surface area (Å²) < 4.78 is 55.8. The van der Waals surface area contributed by atoms with Crippen LogP contribution in [0.3, 0.4) is 0 Å². The largest absolute Gasteiger partial charge is 0.507 e. The zero-order valence-corrected chi connectivity index (χ0v) is 22.9. The first-order valence-electron chi connectivity index (χ1n) is 12.3. The van der Waals surface area contributed by atoms with E-state index >= 15 is 0 Å². The number of hydrogen-bond donors (Lipinski definition) is 3. The molecule has 0 aliphatic carbocycles. The van der Waals surface area contributed by atoms with Crippen LogP contribution in [-0.4, -0.2) is 67.8 Å². The van der Waals surface area contributed by atoms with Gasteiger partial charge in [-0.3, -0.25) is 5.32 Å². The van der Waals surface area contributed by atoms with Gasteiger partial charge in [-0.15, -0.1) is 4.99 Å². The molecule has 2 amide bonds. The molecule has 0 bridgehead atoms. The molecule has 1 aromatic heterocycles. The fourth-order valence-corrected chi connectivity index (χ4v) is 3.92. The van der Waals surface area contributed by atoms with Crippen molar-refractivity contribution in [3.63, 3.8) is 0 Å². The molecule has 3 rings (SSSR count). The summed E-state index contributed by atoms with van der Waals surface area (Å²) in [6.45, 7) is 9.65. The highest BCUT2D eigenvalue weighted by molar-refractivity contribution is 5.99. The third kappa shape index (κ3) is 7.83. The van der Waals surface area contributed by atoms with Gasteiger partial charge in [-0.05, 0) is 66.2 Å². The summed E-state index contributed by atoms with van der Waals surface area (Å²) in [7, 11) is 0. The van der Waals surface area contributed by atoms with Crippen LogP contribution >= 0.6 is 0 Å². The van der Waals surface area contributed by atoms with Crippen molar-refractivity contribution in [2.45, 2.75) is 71.4 Å². The maximum absolute atomic E-state index is 13.3. The lowest BCUT2D eigenvalue weighted by molar-refractivity contribution is -0.138. The van der Waals surface area contributed by atoms with Crippen LogP contribution in [-0.2, 0) is 15.7 Å². The smallest absolute Gasteiger partial charge is 0.437 e.